The summed E-state index contributed by atoms with van der Waals surface area (Å²) in [6, 6.07) is 10.1. The fraction of sp³-hybridized carbons (Fsp3) is 0.353. The maximum absolute atomic E-state index is 13.5. The highest BCUT2D eigenvalue weighted by atomic mass is 19.1. The molecule has 1 unspecified atom stereocenters. The Kier molecular flexibility index (Phi) is 6.02. The van der Waals surface area contributed by atoms with Gasteiger partial charge >= 0.3 is 0 Å². The van der Waals surface area contributed by atoms with Gasteiger partial charge in [0.2, 0.25) is 0 Å². The van der Waals surface area contributed by atoms with E-state index in [1.54, 1.807) is 24.3 Å². The number of nitrogens with one attached hydrogen (secondary N) is 2. The fourth-order valence-corrected chi connectivity index (χ4v) is 1.97. The fourth-order valence-electron chi connectivity index (χ4n) is 1.97. The van der Waals surface area contributed by atoms with Crippen LogP contribution < -0.4 is 10.6 Å². The summed E-state index contributed by atoms with van der Waals surface area (Å²) >= 11 is 0. The van der Waals surface area contributed by atoms with Crippen LogP contribution in [0.2, 0.25) is 0 Å². The molecule has 1 aromatic heterocycles. The van der Waals surface area contributed by atoms with Crippen molar-refractivity contribution in [1.82, 2.24) is 15.5 Å². The topological polar surface area (TPSA) is 66.9 Å². The van der Waals surface area contributed by atoms with Crippen molar-refractivity contribution in [1.29, 1.82) is 0 Å². The summed E-state index contributed by atoms with van der Waals surface area (Å²) in [4.78, 5) is 11.9. The van der Waals surface area contributed by atoms with Crippen LogP contribution in [0.5, 0.6) is 0 Å². The van der Waals surface area contributed by atoms with E-state index in [9.17, 15) is 9.18 Å². The van der Waals surface area contributed by atoms with Crippen LogP contribution in [0.3, 0.4) is 0 Å². The van der Waals surface area contributed by atoms with Gasteiger partial charge in [0, 0.05) is 12.6 Å². The Morgan fingerprint density at radius 3 is 2.65 bits per heavy atom. The lowest BCUT2D eigenvalue weighted by Gasteiger charge is -2.10. The molecule has 2 N–H and O–H groups in total. The summed E-state index contributed by atoms with van der Waals surface area (Å²) < 4.78 is 13.5. The van der Waals surface area contributed by atoms with Gasteiger partial charge in [0.15, 0.2) is 5.69 Å². The van der Waals surface area contributed by atoms with Gasteiger partial charge in [-0.3, -0.25) is 4.79 Å². The summed E-state index contributed by atoms with van der Waals surface area (Å²) in [5.74, 6) is 0.114. The average Bonchev–Trinajstić information content (AvgIpc) is 2.57. The number of amides is 1. The van der Waals surface area contributed by atoms with E-state index < -0.39 is 0 Å². The van der Waals surface area contributed by atoms with E-state index in [-0.39, 0.29) is 23.5 Å². The van der Waals surface area contributed by atoms with Crippen molar-refractivity contribution in [2.45, 2.75) is 32.7 Å². The number of hydrogen-bond donors (Lipinski definition) is 2. The van der Waals surface area contributed by atoms with Crippen molar-refractivity contribution in [2.75, 3.05) is 11.9 Å². The normalized spacial score (nSPS) is 11.8. The Bertz CT molecular complexity index is 645. The zero-order valence-electron chi connectivity index (χ0n) is 13.3. The number of anilines is 1. The molecule has 5 nitrogen and oxygen atoms in total. The van der Waals surface area contributed by atoms with E-state index in [0.717, 1.165) is 6.42 Å². The Hall–Kier alpha value is -2.50. The predicted molar refractivity (Wildman–Crippen MR) is 87.8 cm³/mol. The molecule has 2 rings (SSSR count). The molecule has 0 radical (unpaired) electrons. The second-order valence-electron chi connectivity index (χ2n) is 5.35. The molecule has 1 heterocycles. The number of carbonyl (C=O) groups is 1. The first-order chi connectivity index (χ1) is 11.1. The molecule has 1 atom stereocenters. The van der Waals surface area contributed by atoms with Gasteiger partial charge in [-0.15, -0.1) is 10.2 Å². The Morgan fingerprint density at radius 1 is 1.22 bits per heavy atom. The summed E-state index contributed by atoms with van der Waals surface area (Å²) in [5.41, 5.74) is 0.933. The van der Waals surface area contributed by atoms with Crippen LogP contribution in [0.4, 0.5) is 10.2 Å². The number of hydrogen-bond acceptors (Lipinski definition) is 4. The van der Waals surface area contributed by atoms with E-state index in [4.69, 9.17) is 0 Å². The standard InChI is InChI=1S/C17H21FN4O/c1-3-12(2)20-17(23)15-8-9-16(22-21-15)19-11-10-13-6-4-5-7-14(13)18/h4-9,12H,3,10-11H2,1-2H3,(H,19,22)(H,20,23). The molecule has 122 valence electrons. The van der Waals surface area contributed by atoms with Crippen molar-refractivity contribution >= 4 is 11.7 Å². The van der Waals surface area contributed by atoms with Gasteiger partial charge in [0.1, 0.15) is 11.6 Å². The van der Waals surface area contributed by atoms with Crippen molar-refractivity contribution in [3.05, 3.63) is 53.5 Å². The monoisotopic (exact) mass is 316 g/mol. The maximum Gasteiger partial charge on any atom is 0.272 e. The molecule has 0 aliphatic heterocycles. The molecule has 23 heavy (non-hydrogen) atoms. The van der Waals surface area contributed by atoms with Crippen LogP contribution >= 0.6 is 0 Å². The smallest absolute Gasteiger partial charge is 0.272 e. The molecule has 1 amide bonds. The second-order valence-corrected chi connectivity index (χ2v) is 5.35. The largest absolute Gasteiger partial charge is 0.368 e. The highest BCUT2D eigenvalue weighted by Gasteiger charge is 2.10. The summed E-state index contributed by atoms with van der Waals surface area (Å²) in [7, 11) is 0. The lowest BCUT2D eigenvalue weighted by Crippen LogP contribution is -2.32. The molecular formula is C17H21FN4O. The minimum atomic E-state index is -0.232. The average molecular weight is 316 g/mol. The maximum atomic E-state index is 13.5. The van der Waals surface area contributed by atoms with E-state index in [2.05, 4.69) is 20.8 Å². The van der Waals surface area contributed by atoms with Crippen molar-refractivity contribution in [3.8, 4) is 0 Å². The van der Waals surface area contributed by atoms with E-state index in [0.29, 0.717) is 24.3 Å². The molecule has 0 saturated heterocycles. The molecule has 0 spiro atoms. The van der Waals surface area contributed by atoms with Crippen LogP contribution in [0.25, 0.3) is 0 Å². The molecule has 0 saturated carbocycles. The van der Waals surface area contributed by atoms with E-state index in [1.807, 2.05) is 19.9 Å². The SMILES string of the molecule is CCC(C)NC(=O)c1ccc(NCCc2ccccc2F)nn1. The van der Waals surface area contributed by atoms with Gasteiger partial charge < -0.3 is 10.6 Å². The Morgan fingerprint density at radius 2 is 2.00 bits per heavy atom. The third-order valence-corrected chi connectivity index (χ3v) is 3.55. The number of halogens is 1. The molecule has 0 bridgehead atoms. The highest BCUT2D eigenvalue weighted by molar-refractivity contribution is 5.92. The number of benzene rings is 1. The van der Waals surface area contributed by atoms with E-state index in [1.165, 1.54) is 6.07 Å². The third-order valence-electron chi connectivity index (χ3n) is 3.55. The zero-order valence-corrected chi connectivity index (χ0v) is 13.3. The number of carbonyl (C=O) groups excluding carboxylic acids is 1. The lowest BCUT2D eigenvalue weighted by molar-refractivity contribution is 0.0933. The molecule has 1 aromatic carbocycles. The number of nitrogens with zero attached hydrogens (tertiary/aromatic N) is 2. The first-order valence-electron chi connectivity index (χ1n) is 7.72. The highest BCUT2D eigenvalue weighted by Crippen LogP contribution is 2.08. The molecule has 0 fully saturated rings. The second kappa shape index (κ2) is 8.22. The quantitative estimate of drug-likeness (QED) is 0.824. The molecule has 6 heteroatoms. The predicted octanol–water partition coefficient (Wildman–Crippen LogP) is 2.80. The molecular weight excluding hydrogens is 295 g/mol. The van der Waals surface area contributed by atoms with Crippen molar-refractivity contribution < 1.29 is 9.18 Å². The molecule has 0 aliphatic rings. The van der Waals surface area contributed by atoms with Crippen LogP contribution in [0.1, 0.15) is 36.3 Å². The number of rotatable bonds is 7. The molecule has 2 aromatic rings. The van der Waals surface area contributed by atoms with Crippen molar-refractivity contribution in [2.24, 2.45) is 0 Å². The van der Waals surface area contributed by atoms with Crippen LogP contribution in [0, 0.1) is 5.82 Å². The van der Waals surface area contributed by atoms with Crippen molar-refractivity contribution in [3.63, 3.8) is 0 Å². The Labute approximate surface area is 135 Å². The van der Waals surface area contributed by atoms with Crippen LogP contribution in [-0.4, -0.2) is 28.7 Å². The van der Waals surface area contributed by atoms with E-state index >= 15 is 0 Å². The molecule has 0 aliphatic carbocycles. The first kappa shape index (κ1) is 16.9. The van der Waals surface area contributed by atoms with Crippen LogP contribution in [0.15, 0.2) is 36.4 Å². The van der Waals surface area contributed by atoms with Gasteiger partial charge in [0.25, 0.3) is 5.91 Å². The summed E-state index contributed by atoms with van der Waals surface area (Å²) in [6.45, 7) is 4.47. The van der Waals surface area contributed by atoms with Gasteiger partial charge in [-0.05, 0) is 43.5 Å². The zero-order chi connectivity index (χ0) is 16.7. The minimum absolute atomic E-state index is 0.0999. The first-order valence-corrected chi connectivity index (χ1v) is 7.72. The van der Waals surface area contributed by atoms with Crippen LogP contribution in [-0.2, 0) is 6.42 Å². The summed E-state index contributed by atoms with van der Waals surface area (Å²) in [5, 5.41) is 13.8. The van der Waals surface area contributed by atoms with Gasteiger partial charge in [-0.25, -0.2) is 4.39 Å². The lowest BCUT2D eigenvalue weighted by atomic mass is 10.1. The summed E-state index contributed by atoms with van der Waals surface area (Å²) in [6.07, 6.45) is 1.40. The van der Waals surface area contributed by atoms with Gasteiger partial charge in [-0.2, -0.15) is 0 Å². The number of aromatic nitrogens is 2. The van der Waals surface area contributed by atoms with Gasteiger partial charge in [0.05, 0.1) is 0 Å². The minimum Gasteiger partial charge on any atom is -0.368 e. The third kappa shape index (κ3) is 5.02. The van der Waals surface area contributed by atoms with Gasteiger partial charge in [-0.1, -0.05) is 25.1 Å². The Balaban J connectivity index is 1.85.